The van der Waals surface area contributed by atoms with Crippen LogP contribution in [0.5, 0.6) is 0 Å². The standard InChI is InChI=1S/C56H58N2/c1-5-42-14-26-50(27-15-42)57(51-28-16-43(6-2)17-29-51)54-34-22-48(23-35-54)56(40-38-47(39-41-56)46-12-10-9-11-13-46)49-24-36-55(37-25-49)58(52-30-18-44(7-3)19-31-52)53-32-20-45(8-4)21-33-53/h9-37,47H,5-8,38-41H2,1-4H3. The molecule has 0 spiro atoms. The normalized spacial score (nSPS) is 13.9. The third kappa shape index (κ3) is 8.12. The molecule has 7 aromatic carbocycles. The Morgan fingerprint density at radius 2 is 0.638 bits per heavy atom. The summed E-state index contributed by atoms with van der Waals surface area (Å²) in [5.41, 5.74) is 16.7. The molecular weight excluding hydrogens is 701 g/mol. The second-order valence-electron chi connectivity index (χ2n) is 16.1. The van der Waals surface area contributed by atoms with E-state index in [4.69, 9.17) is 0 Å². The van der Waals surface area contributed by atoms with Crippen LogP contribution in [0.2, 0.25) is 0 Å². The first-order valence-corrected chi connectivity index (χ1v) is 21.7. The number of nitrogens with zero attached hydrogens (tertiary/aromatic N) is 2. The van der Waals surface area contributed by atoms with Crippen LogP contribution in [0, 0.1) is 0 Å². The van der Waals surface area contributed by atoms with Crippen LogP contribution < -0.4 is 9.80 Å². The van der Waals surface area contributed by atoms with Gasteiger partial charge in [0.25, 0.3) is 0 Å². The van der Waals surface area contributed by atoms with Gasteiger partial charge in [0.1, 0.15) is 0 Å². The van der Waals surface area contributed by atoms with Crippen molar-refractivity contribution >= 4 is 34.1 Å². The SMILES string of the molecule is CCc1ccc(N(c2ccc(CC)cc2)c2ccc(C3(c4ccc(N(c5ccc(CC)cc5)c5ccc(CC)cc5)cc4)CCC(c4ccccc4)CC3)cc2)cc1. The highest BCUT2D eigenvalue weighted by Gasteiger charge is 2.39. The van der Waals surface area contributed by atoms with Gasteiger partial charge in [-0.2, -0.15) is 0 Å². The number of aryl methyl sites for hydroxylation is 4. The smallest absolute Gasteiger partial charge is 0.0461 e. The summed E-state index contributed by atoms with van der Waals surface area (Å²) in [6.07, 6.45) is 8.66. The van der Waals surface area contributed by atoms with Gasteiger partial charge >= 0.3 is 0 Å². The van der Waals surface area contributed by atoms with E-state index < -0.39 is 0 Å². The van der Waals surface area contributed by atoms with Crippen LogP contribution in [0.1, 0.15) is 98.2 Å². The molecule has 58 heavy (non-hydrogen) atoms. The summed E-state index contributed by atoms with van der Waals surface area (Å²) in [4.78, 5) is 4.82. The maximum Gasteiger partial charge on any atom is 0.0461 e. The van der Waals surface area contributed by atoms with Gasteiger partial charge in [0.15, 0.2) is 0 Å². The Kier molecular flexibility index (Phi) is 11.9. The zero-order valence-corrected chi connectivity index (χ0v) is 34.9. The highest BCUT2D eigenvalue weighted by molar-refractivity contribution is 5.78. The lowest BCUT2D eigenvalue weighted by atomic mass is 9.62. The van der Waals surface area contributed by atoms with Gasteiger partial charge in [-0.25, -0.2) is 0 Å². The van der Waals surface area contributed by atoms with Crippen molar-refractivity contribution in [3.63, 3.8) is 0 Å². The first-order chi connectivity index (χ1) is 28.5. The summed E-state index contributed by atoms with van der Waals surface area (Å²) in [7, 11) is 0. The summed E-state index contributed by atoms with van der Waals surface area (Å²) in [5, 5.41) is 0. The molecule has 0 amide bonds. The van der Waals surface area contributed by atoms with Crippen LogP contribution in [0.25, 0.3) is 0 Å². The summed E-state index contributed by atoms with van der Waals surface area (Å²) in [6, 6.07) is 66.6. The van der Waals surface area contributed by atoms with Gasteiger partial charge in [0.2, 0.25) is 0 Å². The van der Waals surface area contributed by atoms with Crippen LogP contribution in [0.4, 0.5) is 34.1 Å². The third-order valence-corrected chi connectivity index (χ3v) is 12.9. The van der Waals surface area contributed by atoms with Crippen molar-refractivity contribution in [1.82, 2.24) is 0 Å². The fourth-order valence-electron chi connectivity index (χ4n) is 9.19. The molecule has 0 bridgehead atoms. The van der Waals surface area contributed by atoms with E-state index in [-0.39, 0.29) is 5.41 Å². The van der Waals surface area contributed by atoms with Crippen LogP contribution >= 0.6 is 0 Å². The summed E-state index contributed by atoms with van der Waals surface area (Å²) in [6.45, 7) is 8.88. The van der Waals surface area contributed by atoms with E-state index in [1.54, 1.807) is 0 Å². The molecule has 1 saturated carbocycles. The molecule has 0 N–H and O–H groups in total. The molecule has 0 aromatic heterocycles. The quantitative estimate of drug-likeness (QED) is 0.116. The first-order valence-electron chi connectivity index (χ1n) is 21.7. The molecule has 1 aliphatic rings. The predicted molar refractivity (Wildman–Crippen MR) is 248 cm³/mol. The summed E-state index contributed by atoms with van der Waals surface area (Å²) >= 11 is 0. The highest BCUT2D eigenvalue weighted by atomic mass is 15.1. The molecule has 0 heterocycles. The van der Waals surface area contributed by atoms with Crippen molar-refractivity contribution in [3.05, 3.63) is 215 Å². The van der Waals surface area contributed by atoms with Crippen LogP contribution in [-0.2, 0) is 31.1 Å². The van der Waals surface area contributed by atoms with Gasteiger partial charge < -0.3 is 9.80 Å². The monoisotopic (exact) mass is 758 g/mol. The number of hydrogen-bond acceptors (Lipinski definition) is 2. The first kappa shape index (κ1) is 39.0. The average Bonchev–Trinajstić information content (AvgIpc) is 3.31. The van der Waals surface area contributed by atoms with Crippen molar-refractivity contribution in [2.24, 2.45) is 0 Å². The molecule has 8 rings (SSSR count). The van der Waals surface area contributed by atoms with Crippen molar-refractivity contribution in [2.45, 2.75) is 90.4 Å². The number of rotatable bonds is 13. The topological polar surface area (TPSA) is 6.48 Å². The Hall–Kier alpha value is -5.86. The van der Waals surface area contributed by atoms with Gasteiger partial charge in [-0.15, -0.1) is 0 Å². The van der Waals surface area contributed by atoms with E-state index in [1.165, 1.54) is 73.1 Å². The Morgan fingerprint density at radius 1 is 0.362 bits per heavy atom. The second kappa shape index (κ2) is 17.7. The molecule has 2 heteroatoms. The zero-order chi connectivity index (χ0) is 39.9. The predicted octanol–water partition coefficient (Wildman–Crippen LogP) is 15.5. The molecule has 2 nitrogen and oxygen atoms in total. The maximum atomic E-state index is 2.43. The van der Waals surface area contributed by atoms with Gasteiger partial charge in [-0.3, -0.25) is 0 Å². The minimum Gasteiger partial charge on any atom is -0.311 e. The molecule has 0 radical (unpaired) electrons. The van der Waals surface area contributed by atoms with E-state index in [0.717, 1.165) is 51.4 Å². The zero-order valence-electron chi connectivity index (χ0n) is 34.9. The fraction of sp³-hybridized carbons (Fsp3) is 0.250. The Balaban J connectivity index is 1.17. The van der Waals surface area contributed by atoms with Crippen LogP contribution in [0.3, 0.4) is 0 Å². The lowest BCUT2D eigenvalue weighted by Crippen LogP contribution is -2.32. The number of hydrogen-bond donors (Lipinski definition) is 0. The fourth-order valence-corrected chi connectivity index (χ4v) is 9.19. The molecular formula is C56H58N2. The molecule has 1 fully saturated rings. The van der Waals surface area contributed by atoms with Crippen LogP contribution in [-0.4, -0.2) is 0 Å². The summed E-state index contributed by atoms with van der Waals surface area (Å²) < 4.78 is 0. The van der Waals surface area contributed by atoms with Gasteiger partial charge in [0.05, 0.1) is 0 Å². The van der Waals surface area contributed by atoms with E-state index in [2.05, 4.69) is 213 Å². The molecule has 0 aliphatic heterocycles. The van der Waals surface area contributed by atoms with Gasteiger partial charge in [-0.1, -0.05) is 131 Å². The second-order valence-corrected chi connectivity index (χ2v) is 16.1. The maximum absolute atomic E-state index is 2.43. The van der Waals surface area contributed by atoms with E-state index >= 15 is 0 Å². The average molecular weight is 759 g/mol. The van der Waals surface area contributed by atoms with Crippen molar-refractivity contribution in [3.8, 4) is 0 Å². The minimum absolute atomic E-state index is 0.0882. The number of anilines is 6. The van der Waals surface area contributed by atoms with Crippen molar-refractivity contribution < 1.29 is 0 Å². The van der Waals surface area contributed by atoms with Crippen molar-refractivity contribution in [2.75, 3.05) is 9.80 Å². The largest absolute Gasteiger partial charge is 0.311 e. The lowest BCUT2D eigenvalue weighted by Gasteiger charge is -2.42. The molecule has 0 saturated heterocycles. The molecule has 1 aliphatic carbocycles. The Bertz CT molecular complexity index is 2090. The van der Waals surface area contributed by atoms with E-state index in [9.17, 15) is 0 Å². The van der Waals surface area contributed by atoms with E-state index in [0.29, 0.717) is 5.92 Å². The molecule has 7 aromatic rings. The van der Waals surface area contributed by atoms with Crippen molar-refractivity contribution in [1.29, 1.82) is 0 Å². The molecule has 292 valence electrons. The molecule has 0 atom stereocenters. The van der Waals surface area contributed by atoms with Gasteiger partial charge in [-0.05, 0) is 169 Å². The minimum atomic E-state index is -0.0882. The van der Waals surface area contributed by atoms with E-state index in [1.807, 2.05) is 0 Å². The van der Waals surface area contributed by atoms with Crippen LogP contribution in [0.15, 0.2) is 176 Å². The lowest BCUT2D eigenvalue weighted by molar-refractivity contribution is 0.315. The third-order valence-electron chi connectivity index (χ3n) is 12.9. The number of benzene rings is 7. The Morgan fingerprint density at radius 3 is 0.914 bits per heavy atom. The molecule has 0 unspecified atom stereocenters. The summed E-state index contributed by atoms with van der Waals surface area (Å²) in [5.74, 6) is 0.577. The Labute approximate surface area is 347 Å². The van der Waals surface area contributed by atoms with Gasteiger partial charge in [0, 0.05) is 39.5 Å². The highest BCUT2D eigenvalue weighted by Crippen LogP contribution is 2.50.